The van der Waals surface area contributed by atoms with Gasteiger partial charge in [0.1, 0.15) is 0 Å². The summed E-state index contributed by atoms with van der Waals surface area (Å²) in [5, 5.41) is 9.27. The standard InChI is InChI=1S/C15H18BrNO2/c1-9-6-10(2-4-13(9)16)8-17-11-3-5-14(17)12(7-11)15(18)19/h2,4,6,11-12,14H,3,5,7-8H2,1H3,(H,18,19). The maximum Gasteiger partial charge on any atom is 0.308 e. The molecule has 2 fully saturated rings. The Hall–Kier alpha value is -0.870. The zero-order valence-corrected chi connectivity index (χ0v) is 12.6. The van der Waals surface area contributed by atoms with E-state index in [1.165, 1.54) is 11.1 Å². The lowest BCUT2D eigenvalue weighted by Gasteiger charge is -2.23. The second-order valence-electron chi connectivity index (χ2n) is 5.73. The fraction of sp³-hybridized carbons (Fsp3) is 0.533. The number of nitrogens with zero attached hydrogens (tertiary/aromatic N) is 1. The molecule has 0 spiro atoms. The van der Waals surface area contributed by atoms with Crippen LogP contribution in [0.15, 0.2) is 22.7 Å². The van der Waals surface area contributed by atoms with Crippen molar-refractivity contribution in [2.75, 3.05) is 0 Å². The predicted molar refractivity (Wildman–Crippen MR) is 77.0 cm³/mol. The smallest absolute Gasteiger partial charge is 0.308 e. The Balaban J connectivity index is 1.77. The van der Waals surface area contributed by atoms with E-state index < -0.39 is 5.97 Å². The van der Waals surface area contributed by atoms with E-state index in [0.29, 0.717) is 6.04 Å². The average Bonchev–Trinajstić information content (AvgIpc) is 2.91. The molecule has 2 bridgehead atoms. The lowest BCUT2D eigenvalue weighted by Crippen LogP contribution is -2.32. The largest absolute Gasteiger partial charge is 0.481 e. The maximum atomic E-state index is 11.3. The molecule has 2 aliphatic heterocycles. The molecule has 2 heterocycles. The molecule has 0 radical (unpaired) electrons. The van der Waals surface area contributed by atoms with Crippen LogP contribution in [0, 0.1) is 12.8 Å². The lowest BCUT2D eigenvalue weighted by atomic mass is 9.89. The summed E-state index contributed by atoms with van der Waals surface area (Å²) in [4.78, 5) is 13.7. The van der Waals surface area contributed by atoms with Gasteiger partial charge in [0.2, 0.25) is 0 Å². The Morgan fingerprint density at radius 1 is 1.47 bits per heavy atom. The summed E-state index contributed by atoms with van der Waals surface area (Å²) in [6.07, 6.45) is 3.02. The van der Waals surface area contributed by atoms with Gasteiger partial charge in [-0.05, 0) is 43.4 Å². The van der Waals surface area contributed by atoms with E-state index in [1.54, 1.807) is 0 Å². The van der Waals surface area contributed by atoms with Crippen molar-refractivity contribution in [3.63, 3.8) is 0 Å². The molecule has 3 atom stereocenters. The third-order valence-corrected chi connectivity index (χ3v) is 5.48. The van der Waals surface area contributed by atoms with Crippen LogP contribution in [0.3, 0.4) is 0 Å². The first-order chi connectivity index (χ1) is 9.06. The van der Waals surface area contributed by atoms with E-state index in [2.05, 4.69) is 46.0 Å². The molecular formula is C15H18BrNO2. The van der Waals surface area contributed by atoms with Gasteiger partial charge in [-0.25, -0.2) is 0 Å². The first-order valence-corrected chi connectivity index (χ1v) is 7.59. The van der Waals surface area contributed by atoms with Crippen molar-refractivity contribution in [2.45, 2.75) is 44.8 Å². The summed E-state index contributed by atoms with van der Waals surface area (Å²) in [5.41, 5.74) is 2.52. The SMILES string of the molecule is Cc1cc(CN2C3CCC2C(C(=O)O)C3)ccc1Br. The number of rotatable bonds is 3. The number of fused-ring (bicyclic) bond motifs is 2. The van der Waals surface area contributed by atoms with Crippen molar-refractivity contribution in [1.82, 2.24) is 4.90 Å². The van der Waals surface area contributed by atoms with Gasteiger partial charge in [0, 0.05) is 23.1 Å². The number of halogens is 1. The van der Waals surface area contributed by atoms with Crippen LogP contribution in [-0.4, -0.2) is 28.1 Å². The molecule has 4 heteroatoms. The van der Waals surface area contributed by atoms with Gasteiger partial charge in [0.05, 0.1) is 5.92 Å². The van der Waals surface area contributed by atoms with Gasteiger partial charge >= 0.3 is 5.97 Å². The van der Waals surface area contributed by atoms with Gasteiger partial charge in [0.15, 0.2) is 0 Å². The summed E-state index contributed by atoms with van der Waals surface area (Å²) in [6.45, 7) is 2.97. The number of aliphatic carboxylic acids is 1. The molecule has 0 saturated carbocycles. The molecule has 3 nitrogen and oxygen atoms in total. The van der Waals surface area contributed by atoms with E-state index >= 15 is 0 Å². The maximum absolute atomic E-state index is 11.3. The number of hydrogen-bond acceptors (Lipinski definition) is 2. The summed E-state index contributed by atoms with van der Waals surface area (Å²) in [5.74, 6) is -0.778. The first kappa shape index (κ1) is 13.1. The molecule has 3 rings (SSSR count). The molecule has 0 aromatic heterocycles. The molecule has 1 aromatic rings. The highest BCUT2D eigenvalue weighted by atomic mass is 79.9. The number of carbonyl (C=O) groups is 1. The molecule has 2 aliphatic rings. The van der Waals surface area contributed by atoms with Crippen LogP contribution in [0.4, 0.5) is 0 Å². The first-order valence-electron chi connectivity index (χ1n) is 6.80. The van der Waals surface area contributed by atoms with E-state index in [9.17, 15) is 9.90 Å². The molecule has 3 unspecified atom stereocenters. The summed E-state index contributed by atoms with van der Waals surface area (Å²) in [7, 11) is 0. The van der Waals surface area contributed by atoms with Crippen LogP contribution >= 0.6 is 15.9 Å². The average molecular weight is 324 g/mol. The summed E-state index contributed by atoms with van der Waals surface area (Å²) < 4.78 is 1.13. The van der Waals surface area contributed by atoms with E-state index in [1.807, 2.05) is 0 Å². The number of benzene rings is 1. The van der Waals surface area contributed by atoms with Gasteiger partial charge in [-0.1, -0.05) is 28.1 Å². The summed E-state index contributed by atoms with van der Waals surface area (Å²) in [6, 6.07) is 7.11. The van der Waals surface area contributed by atoms with Crippen molar-refractivity contribution >= 4 is 21.9 Å². The van der Waals surface area contributed by atoms with Gasteiger partial charge in [0.25, 0.3) is 0 Å². The van der Waals surface area contributed by atoms with E-state index in [-0.39, 0.29) is 12.0 Å². The van der Waals surface area contributed by atoms with Crippen LogP contribution in [0.5, 0.6) is 0 Å². The van der Waals surface area contributed by atoms with Crippen molar-refractivity contribution in [1.29, 1.82) is 0 Å². The van der Waals surface area contributed by atoms with Crippen molar-refractivity contribution < 1.29 is 9.90 Å². The third kappa shape index (κ3) is 2.32. The Morgan fingerprint density at radius 3 is 2.89 bits per heavy atom. The second-order valence-corrected chi connectivity index (χ2v) is 6.59. The number of hydrogen-bond donors (Lipinski definition) is 1. The number of carboxylic acid groups (broad SMARTS) is 1. The molecular weight excluding hydrogens is 306 g/mol. The van der Waals surface area contributed by atoms with Crippen LogP contribution in [0.2, 0.25) is 0 Å². The van der Waals surface area contributed by atoms with Gasteiger partial charge in [-0.15, -0.1) is 0 Å². The minimum atomic E-state index is -0.621. The van der Waals surface area contributed by atoms with Crippen LogP contribution in [0.25, 0.3) is 0 Å². The zero-order valence-electron chi connectivity index (χ0n) is 11.0. The number of aryl methyl sites for hydroxylation is 1. The molecule has 2 saturated heterocycles. The molecule has 102 valence electrons. The fourth-order valence-electron chi connectivity index (χ4n) is 3.63. The Morgan fingerprint density at radius 2 is 2.26 bits per heavy atom. The van der Waals surface area contributed by atoms with Crippen LogP contribution in [0.1, 0.15) is 30.4 Å². The quantitative estimate of drug-likeness (QED) is 0.928. The van der Waals surface area contributed by atoms with Gasteiger partial charge < -0.3 is 5.11 Å². The summed E-state index contributed by atoms with van der Waals surface area (Å²) >= 11 is 3.52. The van der Waals surface area contributed by atoms with Crippen LogP contribution in [-0.2, 0) is 11.3 Å². The zero-order chi connectivity index (χ0) is 13.6. The Bertz CT molecular complexity index is 517. The Labute approximate surface area is 121 Å². The normalized spacial score (nSPS) is 29.9. The van der Waals surface area contributed by atoms with E-state index in [0.717, 1.165) is 30.3 Å². The Kier molecular flexibility index (Phi) is 3.39. The highest BCUT2D eigenvalue weighted by Gasteiger charge is 2.48. The van der Waals surface area contributed by atoms with Gasteiger partial charge in [-0.2, -0.15) is 0 Å². The number of carboxylic acids is 1. The molecule has 1 N–H and O–H groups in total. The van der Waals surface area contributed by atoms with Crippen LogP contribution < -0.4 is 0 Å². The lowest BCUT2D eigenvalue weighted by molar-refractivity contribution is -0.142. The van der Waals surface area contributed by atoms with Crippen molar-refractivity contribution in [3.05, 3.63) is 33.8 Å². The van der Waals surface area contributed by atoms with Crippen molar-refractivity contribution in [3.8, 4) is 0 Å². The monoisotopic (exact) mass is 323 g/mol. The molecule has 19 heavy (non-hydrogen) atoms. The highest BCUT2D eigenvalue weighted by Crippen LogP contribution is 2.42. The topological polar surface area (TPSA) is 40.5 Å². The van der Waals surface area contributed by atoms with Gasteiger partial charge in [-0.3, -0.25) is 9.69 Å². The minimum absolute atomic E-state index is 0.157. The third-order valence-electron chi connectivity index (χ3n) is 4.59. The minimum Gasteiger partial charge on any atom is -0.481 e. The second kappa shape index (κ2) is 4.91. The molecule has 0 amide bonds. The molecule has 1 aromatic carbocycles. The van der Waals surface area contributed by atoms with E-state index in [4.69, 9.17) is 0 Å². The fourth-order valence-corrected chi connectivity index (χ4v) is 3.88. The van der Waals surface area contributed by atoms with Crippen molar-refractivity contribution in [2.24, 2.45) is 5.92 Å². The highest BCUT2D eigenvalue weighted by molar-refractivity contribution is 9.10. The predicted octanol–water partition coefficient (Wildman–Crippen LogP) is 3.20. The molecule has 0 aliphatic carbocycles.